The molecule has 7 aromatic rings. The topological polar surface area (TPSA) is 6.48 Å². The molecule has 0 saturated heterocycles. The summed E-state index contributed by atoms with van der Waals surface area (Å²) in [5, 5.41) is 2.70. The summed E-state index contributed by atoms with van der Waals surface area (Å²) in [5.41, 5.74) is 24.6. The van der Waals surface area contributed by atoms with Crippen LogP contribution in [0.15, 0.2) is 91.0 Å². The molecule has 1 aromatic heterocycles. The maximum atomic E-state index is 2.73. The van der Waals surface area contributed by atoms with Crippen molar-refractivity contribution in [1.82, 2.24) is 0 Å². The zero-order valence-electron chi connectivity index (χ0n) is 44.8. The lowest BCUT2D eigenvalue weighted by Gasteiger charge is -2.49. The third-order valence-electron chi connectivity index (χ3n) is 18.8. The van der Waals surface area contributed by atoms with Gasteiger partial charge in [0.25, 0.3) is 6.71 Å². The minimum absolute atomic E-state index is 0.0621. The van der Waals surface area contributed by atoms with Crippen molar-refractivity contribution in [3.63, 3.8) is 0 Å². The Bertz CT molecular complexity index is 3360. The molecule has 3 aliphatic carbocycles. The number of rotatable bonds is 2. The van der Waals surface area contributed by atoms with Crippen molar-refractivity contribution in [2.24, 2.45) is 0 Å². The summed E-state index contributed by atoms with van der Waals surface area (Å²) in [4.78, 5) is 5.43. The normalized spacial score (nSPS) is 20.7. The number of hydrogen-bond acceptors (Lipinski definition) is 3. The number of benzene rings is 6. The Labute approximate surface area is 419 Å². The Morgan fingerprint density at radius 1 is 0.420 bits per heavy atom. The van der Waals surface area contributed by atoms with Gasteiger partial charge >= 0.3 is 0 Å². The number of nitrogens with zero attached hydrogens (tertiary/aromatic N) is 2. The molecule has 0 radical (unpaired) electrons. The first-order chi connectivity index (χ1) is 32.2. The lowest BCUT2D eigenvalue weighted by Crippen LogP contribution is -2.62. The monoisotopic (exact) mass is 927 g/mol. The molecule has 69 heavy (non-hydrogen) atoms. The highest BCUT2D eigenvalue weighted by Crippen LogP contribution is 2.55. The minimum atomic E-state index is 0.0621. The first-order valence-corrected chi connectivity index (χ1v) is 27.2. The van der Waals surface area contributed by atoms with Crippen LogP contribution < -0.4 is 26.2 Å². The second-order valence-electron chi connectivity index (χ2n) is 27.5. The Hall–Kier alpha value is -4.80. The van der Waals surface area contributed by atoms with Crippen LogP contribution in [0.25, 0.3) is 20.2 Å². The first kappa shape index (κ1) is 45.4. The molecule has 354 valence electrons. The molecule has 0 bridgehead atoms. The van der Waals surface area contributed by atoms with E-state index in [9.17, 15) is 0 Å². The molecule has 4 heteroatoms. The molecule has 2 nitrogen and oxygen atoms in total. The predicted octanol–water partition coefficient (Wildman–Crippen LogP) is 16.8. The SMILES string of the molecule is Cc1cc2c3c(c1)N(c1ccc4sc5cc(C(C)(C)C)ccc5c4c1)c1cc4c(cc1B3c1cc3c(cc1N2c1ccc2c(c1)C(C)(C)CCC2(C)C)C(C)(C)CCC3(C)C)C(C)(C)CCC4(C)C. The number of anilines is 6. The molecule has 2 aliphatic heterocycles. The molecule has 0 amide bonds. The highest BCUT2D eigenvalue weighted by atomic mass is 32.1. The predicted molar refractivity (Wildman–Crippen MR) is 303 cm³/mol. The van der Waals surface area contributed by atoms with Crippen LogP contribution in [-0.4, -0.2) is 6.71 Å². The van der Waals surface area contributed by atoms with Crippen molar-refractivity contribution in [2.45, 2.75) is 187 Å². The van der Waals surface area contributed by atoms with Crippen LogP contribution in [0.1, 0.15) is 187 Å². The molecule has 0 N–H and O–H groups in total. The standard InChI is InChI=1S/C65H75BN2S/c1-38-29-54-58-55(30-38)68(41-18-21-44-45(33-41)61(7,8)24-23-60(44,5)6)53-37-49-47(63(11,12)26-28-65(49,15)16)35-51(53)66(58)50-34-46-48(64(13,14)27-25-62(46,9)10)36-52(50)67(54)40-19-22-56-43(32-40)42-20-17-39(59(2,3)4)31-57(42)69-56/h17-22,29-37H,23-28H2,1-16H3. The number of hydrogen-bond donors (Lipinski definition) is 0. The van der Waals surface area contributed by atoms with Crippen molar-refractivity contribution < 1.29 is 0 Å². The summed E-state index contributed by atoms with van der Waals surface area (Å²) in [6, 6.07) is 38.1. The van der Waals surface area contributed by atoms with E-state index in [1.54, 1.807) is 0 Å². The van der Waals surface area contributed by atoms with Crippen LogP contribution in [0.3, 0.4) is 0 Å². The Balaban J connectivity index is 1.19. The van der Waals surface area contributed by atoms with Crippen molar-refractivity contribution in [1.29, 1.82) is 0 Å². The lowest BCUT2D eigenvalue weighted by atomic mass is 9.32. The van der Waals surface area contributed by atoms with E-state index < -0.39 is 0 Å². The van der Waals surface area contributed by atoms with Crippen molar-refractivity contribution in [3.8, 4) is 0 Å². The fraction of sp³-hybridized carbons (Fsp3) is 0.446. The maximum Gasteiger partial charge on any atom is 0.252 e. The molecule has 5 aliphatic rings. The molecule has 3 heterocycles. The zero-order valence-corrected chi connectivity index (χ0v) is 45.6. The van der Waals surface area contributed by atoms with E-state index in [1.165, 1.54) is 154 Å². The average molecular weight is 927 g/mol. The second kappa shape index (κ2) is 14.2. The van der Waals surface area contributed by atoms with Crippen molar-refractivity contribution >= 4 is 88.7 Å². The Morgan fingerprint density at radius 3 is 1.35 bits per heavy atom. The van der Waals surface area contributed by atoms with E-state index in [-0.39, 0.29) is 44.6 Å². The summed E-state index contributed by atoms with van der Waals surface area (Å²) in [5.74, 6) is 0. The number of aryl methyl sites for hydroxylation is 1. The van der Waals surface area contributed by atoms with Gasteiger partial charge < -0.3 is 9.80 Å². The molecule has 12 rings (SSSR count). The van der Waals surface area contributed by atoms with Crippen LogP contribution in [0.4, 0.5) is 34.1 Å². The van der Waals surface area contributed by atoms with Gasteiger partial charge in [0.05, 0.1) is 0 Å². The summed E-state index contributed by atoms with van der Waals surface area (Å²) in [7, 11) is 0. The molecule has 6 aromatic carbocycles. The highest BCUT2D eigenvalue weighted by molar-refractivity contribution is 7.25. The molecular formula is C65H75BN2S. The fourth-order valence-electron chi connectivity index (χ4n) is 13.9. The van der Waals surface area contributed by atoms with E-state index in [0.717, 1.165) is 0 Å². The van der Waals surface area contributed by atoms with Crippen molar-refractivity contribution in [2.75, 3.05) is 9.80 Å². The Morgan fingerprint density at radius 2 is 0.855 bits per heavy atom. The number of fused-ring (bicyclic) bond motifs is 10. The summed E-state index contributed by atoms with van der Waals surface area (Å²) in [6.07, 6.45) is 7.15. The first-order valence-electron chi connectivity index (χ1n) is 26.4. The quantitative estimate of drug-likeness (QED) is 0.159. The second-order valence-corrected chi connectivity index (χ2v) is 28.6. The van der Waals surface area contributed by atoms with Crippen LogP contribution in [0.2, 0.25) is 0 Å². The summed E-state index contributed by atoms with van der Waals surface area (Å²) < 4.78 is 2.72. The molecule has 0 saturated carbocycles. The van der Waals surface area contributed by atoms with Crippen LogP contribution in [0.5, 0.6) is 0 Å². The third-order valence-corrected chi connectivity index (χ3v) is 20.0. The minimum Gasteiger partial charge on any atom is -0.311 e. The van der Waals surface area contributed by atoms with E-state index in [2.05, 4.69) is 212 Å². The van der Waals surface area contributed by atoms with Gasteiger partial charge in [-0.3, -0.25) is 0 Å². The fourth-order valence-corrected chi connectivity index (χ4v) is 15.0. The summed E-state index contributed by atoms with van der Waals surface area (Å²) >= 11 is 1.94. The number of thiophene rings is 1. The largest absolute Gasteiger partial charge is 0.311 e. The van der Waals surface area contributed by atoms with Crippen molar-refractivity contribution in [3.05, 3.63) is 136 Å². The van der Waals surface area contributed by atoms with Gasteiger partial charge in [-0.1, -0.05) is 134 Å². The Kier molecular flexibility index (Phi) is 9.34. The van der Waals surface area contributed by atoms with Crippen LogP contribution in [-0.2, 0) is 37.9 Å². The van der Waals surface area contributed by atoms with Gasteiger partial charge in [-0.25, -0.2) is 0 Å². The lowest BCUT2D eigenvalue weighted by molar-refractivity contribution is 0.332. The van der Waals surface area contributed by atoms with Gasteiger partial charge in [0.15, 0.2) is 0 Å². The van der Waals surface area contributed by atoms with Gasteiger partial charge in [-0.05, 0) is 205 Å². The van der Waals surface area contributed by atoms with E-state index >= 15 is 0 Å². The van der Waals surface area contributed by atoms with E-state index in [0.29, 0.717) is 0 Å². The van der Waals surface area contributed by atoms with Crippen LogP contribution in [0, 0.1) is 6.92 Å². The zero-order chi connectivity index (χ0) is 48.9. The van der Waals surface area contributed by atoms with Gasteiger partial charge in [-0.2, -0.15) is 0 Å². The van der Waals surface area contributed by atoms with E-state index in [1.807, 2.05) is 11.3 Å². The van der Waals surface area contributed by atoms with Gasteiger partial charge in [0.1, 0.15) is 0 Å². The van der Waals surface area contributed by atoms with Gasteiger partial charge in [0.2, 0.25) is 0 Å². The van der Waals surface area contributed by atoms with E-state index in [4.69, 9.17) is 0 Å². The maximum absolute atomic E-state index is 2.73. The third kappa shape index (κ3) is 6.61. The molecule has 0 fully saturated rings. The summed E-state index contributed by atoms with van der Waals surface area (Å²) in [6.45, 7) is 39.3. The van der Waals surface area contributed by atoms with Crippen LogP contribution >= 0.6 is 11.3 Å². The smallest absolute Gasteiger partial charge is 0.252 e. The molecular weight excluding hydrogens is 852 g/mol. The van der Waals surface area contributed by atoms with Gasteiger partial charge in [-0.15, -0.1) is 11.3 Å². The average Bonchev–Trinajstić information content (AvgIpc) is 3.64. The highest BCUT2D eigenvalue weighted by Gasteiger charge is 2.49. The van der Waals surface area contributed by atoms with Gasteiger partial charge in [0, 0.05) is 54.3 Å². The molecule has 0 spiro atoms. The molecule has 0 atom stereocenters. The molecule has 0 unspecified atom stereocenters.